The summed E-state index contributed by atoms with van der Waals surface area (Å²) in [7, 11) is 0. The highest BCUT2D eigenvalue weighted by Gasteiger charge is 2.76. The summed E-state index contributed by atoms with van der Waals surface area (Å²) in [5.41, 5.74) is -1.80. The molecule has 34 heavy (non-hydrogen) atoms. The fourth-order valence-electron chi connectivity index (χ4n) is 7.31. The van der Waals surface area contributed by atoms with Crippen molar-refractivity contribution in [2.75, 3.05) is 0 Å². The van der Waals surface area contributed by atoms with Crippen LogP contribution in [-0.4, -0.2) is 82.7 Å². The quantitative estimate of drug-likeness (QED) is 0.340. The van der Waals surface area contributed by atoms with Crippen molar-refractivity contribution in [1.82, 2.24) is 0 Å². The van der Waals surface area contributed by atoms with E-state index < -0.39 is 77.5 Å². The minimum absolute atomic E-state index is 0.304. The van der Waals surface area contributed by atoms with Crippen molar-refractivity contribution >= 4 is 11.9 Å². The van der Waals surface area contributed by atoms with Crippen LogP contribution in [0, 0.1) is 23.2 Å². The van der Waals surface area contributed by atoms with Crippen molar-refractivity contribution < 1.29 is 43.5 Å². The molecule has 0 bridgehead atoms. The first kappa shape index (κ1) is 24.2. The third-order valence-corrected chi connectivity index (χ3v) is 9.29. The van der Waals surface area contributed by atoms with Gasteiger partial charge in [0.1, 0.15) is 36.1 Å². The standard InChI is InChI=1S/C25H36O9/c1-9-8-15-25(29,11(3)12(4)30-15)22(32-14(6)27)16-10(2)18(31-13(5)26)20-23(34-20)24(16,7)21(28)19-17(9)33-19/h10-12,15-23,28-29H,1,8H2,2-7H3/t10-,11+,12?,15+,16-,17-,18-,19-,20+,21+,22+,23+,24+,25+/m1/s1. The Morgan fingerprint density at radius 3 is 2.32 bits per heavy atom. The summed E-state index contributed by atoms with van der Waals surface area (Å²) < 4.78 is 29.8. The normalized spacial score (nSPS) is 55.7. The van der Waals surface area contributed by atoms with Crippen LogP contribution in [0.15, 0.2) is 12.2 Å². The van der Waals surface area contributed by atoms with Crippen LogP contribution in [0.5, 0.6) is 0 Å². The number of ether oxygens (including phenoxy) is 5. The van der Waals surface area contributed by atoms with Gasteiger partial charge in [-0.25, -0.2) is 0 Å². The number of hydrogen-bond donors (Lipinski definition) is 2. The van der Waals surface area contributed by atoms with Crippen molar-refractivity contribution in [3.63, 3.8) is 0 Å². The van der Waals surface area contributed by atoms with Crippen LogP contribution >= 0.6 is 0 Å². The Hall–Kier alpha value is -1.52. The number of fused-ring (bicyclic) bond motifs is 5. The molecule has 3 heterocycles. The molecule has 0 amide bonds. The lowest BCUT2D eigenvalue weighted by Gasteiger charge is -2.54. The highest BCUT2D eigenvalue weighted by Crippen LogP contribution is 2.63. The van der Waals surface area contributed by atoms with E-state index in [0.29, 0.717) is 6.42 Å². The van der Waals surface area contributed by atoms with Crippen LogP contribution in [0.3, 0.4) is 0 Å². The summed E-state index contributed by atoms with van der Waals surface area (Å²) in [6.45, 7) is 14.4. The van der Waals surface area contributed by atoms with E-state index in [1.807, 2.05) is 27.7 Å². The van der Waals surface area contributed by atoms with Crippen molar-refractivity contribution in [1.29, 1.82) is 0 Å². The predicted molar refractivity (Wildman–Crippen MR) is 117 cm³/mol. The number of carbonyl (C=O) groups excluding carboxylic acids is 2. The lowest BCUT2D eigenvalue weighted by molar-refractivity contribution is -0.223. The summed E-state index contributed by atoms with van der Waals surface area (Å²) in [5, 5.41) is 24.1. The second kappa shape index (κ2) is 7.74. The van der Waals surface area contributed by atoms with Gasteiger partial charge in [-0.15, -0.1) is 0 Å². The molecule has 2 aliphatic carbocycles. The number of aliphatic hydroxyl groups is 2. The Balaban J connectivity index is 1.69. The zero-order chi connectivity index (χ0) is 24.9. The fourth-order valence-corrected chi connectivity index (χ4v) is 7.31. The molecule has 0 aromatic rings. The van der Waals surface area contributed by atoms with E-state index in [2.05, 4.69) is 6.58 Å². The molecule has 0 radical (unpaired) electrons. The van der Waals surface area contributed by atoms with Crippen LogP contribution in [0.4, 0.5) is 0 Å². The van der Waals surface area contributed by atoms with E-state index in [1.165, 1.54) is 13.8 Å². The summed E-state index contributed by atoms with van der Waals surface area (Å²) in [6.07, 6.45) is -4.98. The molecular weight excluding hydrogens is 444 g/mol. The summed E-state index contributed by atoms with van der Waals surface area (Å²) in [5.74, 6) is -2.39. The summed E-state index contributed by atoms with van der Waals surface area (Å²) in [4.78, 5) is 24.4. The van der Waals surface area contributed by atoms with Gasteiger partial charge in [0.25, 0.3) is 0 Å². The number of aliphatic hydroxyl groups excluding tert-OH is 1. The molecule has 5 fully saturated rings. The third-order valence-electron chi connectivity index (χ3n) is 9.29. The van der Waals surface area contributed by atoms with Gasteiger partial charge >= 0.3 is 11.9 Å². The van der Waals surface area contributed by atoms with Crippen LogP contribution in [0.25, 0.3) is 0 Å². The number of carbonyl (C=O) groups is 2. The first-order valence-corrected chi connectivity index (χ1v) is 12.2. The van der Waals surface area contributed by atoms with E-state index in [9.17, 15) is 19.8 Å². The fraction of sp³-hybridized carbons (Fsp3) is 0.840. The molecule has 1 unspecified atom stereocenters. The monoisotopic (exact) mass is 480 g/mol. The summed E-state index contributed by atoms with van der Waals surface area (Å²) in [6, 6.07) is 0. The Labute approximate surface area is 199 Å². The maximum Gasteiger partial charge on any atom is 0.303 e. The van der Waals surface area contributed by atoms with Gasteiger partial charge in [0, 0.05) is 37.0 Å². The Kier molecular flexibility index (Phi) is 5.50. The Morgan fingerprint density at radius 2 is 1.71 bits per heavy atom. The molecule has 3 aliphatic heterocycles. The molecule has 3 saturated heterocycles. The maximum absolute atomic E-state index is 12.4. The minimum atomic E-state index is -1.57. The molecule has 5 aliphatic rings. The number of epoxide rings is 2. The molecular formula is C25H36O9. The number of esters is 2. The lowest BCUT2D eigenvalue weighted by atomic mass is 9.53. The molecule has 0 aromatic heterocycles. The Morgan fingerprint density at radius 1 is 1.06 bits per heavy atom. The van der Waals surface area contributed by atoms with Crippen molar-refractivity contribution in [3.8, 4) is 0 Å². The molecule has 0 spiro atoms. The third kappa shape index (κ3) is 3.24. The first-order chi connectivity index (χ1) is 15.8. The number of hydrogen-bond acceptors (Lipinski definition) is 9. The van der Waals surface area contributed by atoms with Crippen molar-refractivity contribution in [3.05, 3.63) is 12.2 Å². The maximum atomic E-state index is 12.4. The summed E-state index contributed by atoms with van der Waals surface area (Å²) >= 11 is 0. The lowest BCUT2D eigenvalue weighted by Crippen LogP contribution is -2.68. The van der Waals surface area contributed by atoms with Gasteiger partial charge in [-0.3, -0.25) is 9.59 Å². The average Bonchev–Trinajstić information content (AvgIpc) is 3.65. The van der Waals surface area contributed by atoms with E-state index in [-0.39, 0.29) is 18.1 Å². The number of rotatable bonds is 2. The van der Waals surface area contributed by atoms with Gasteiger partial charge in [0.05, 0.1) is 24.4 Å². The van der Waals surface area contributed by atoms with Crippen LogP contribution in [-0.2, 0) is 33.3 Å². The Bertz CT molecular complexity index is 905. The van der Waals surface area contributed by atoms with Gasteiger partial charge in [0.15, 0.2) is 0 Å². The van der Waals surface area contributed by atoms with Gasteiger partial charge in [-0.05, 0) is 18.9 Å². The first-order valence-electron chi connectivity index (χ1n) is 12.2. The zero-order valence-corrected chi connectivity index (χ0v) is 20.6. The predicted octanol–water partition coefficient (Wildman–Crippen LogP) is 1.13. The molecule has 2 N–H and O–H groups in total. The molecule has 9 nitrogen and oxygen atoms in total. The topological polar surface area (TPSA) is 127 Å². The average molecular weight is 481 g/mol. The van der Waals surface area contributed by atoms with Gasteiger partial charge in [0.2, 0.25) is 0 Å². The van der Waals surface area contributed by atoms with Gasteiger partial charge in [-0.2, -0.15) is 0 Å². The molecule has 5 rings (SSSR count). The van der Waals surface area contributed by atoms with Gasteiger partial charge in [-0.1, -0.05) is 27.4 Å². The van der Waals surface area contributed by atoms with Crippen molar-refractivity contribution in [2.24, 2.45) is 23.2 Å². The van der Waals surface area contributed by atoms with E-state index in [4.69, 9.17) is 23.7 Å². The smallest absolute Gasteiger partial charge is 0.303 e. The zero-order valence-electron chi connectivity index (χ0n) is 20.6. The van der Waals surface area contributed by atoms with Gasteiger partial charge < -0.3 is 33.9 Å². The molecule has 9 heteroatoms. The van der Waals surface area contributed by atoms with Crippen molar-refractivity contribution in [2.45, 2.75) is 108 Å². The second-order valence-corrected chi connectivity index (χ2v) is 11.2. The molecule has 2 saturated carbocycles. The molecule has 190 valence electrons. The van der Waals surface area contributed by atoms with Crippen LogP contribution in [0.1, 0.15) is 48.0 Å². The van der Waals surface area contributed by atoms with E-state index in [1.54, 1.807) is 0 Å². The van der Waals surface area contributed by atoms with Crippen LogP contribution in [0.2, 0.25) is 0 Å². The second-order valence-electron chi connectivity index (χ2n) is 11.2. The van der Waals surface area contributed by atoms with E-state index >= 15 is 0 Å². The highest BCUT2D eigenvalue weighted by atomic mass is 16.6. The minimum Gasteiger partial charge on any atom is -0.459 e. The molecule has 0 aromatic carbocycles. The SMILES string of the molecule is C=C1C[C@@H]2OC(C)[C@H](C)[C@@]2(O)[C@@H](OC(C)=O)[C@H]2[C@@H](C)[C@@H](OC(C)=O)[C@@H]3O[C@@H]3[C@]2(C)[C@@H](O)[C@@H]2O[C@H]12. The van der Waals surface area contributed by atoms with E-state index in [0.717, 1.165) is 5.57 Å². The molecule has 14 atom stereocenters. The van der Waals surface area contributed by atoms with Crippen LogP contribution < -0.4 is 0 Å². The largest absolute Gasteiger partial charge is 0.459 e. The highest BCUT2D eigenvalue weighted by molar-refractivity contribution is 5.67.